The van der Waals surface area contributed by atoms with E-state index >= 15 is 0 Å². The molecule has 0 N–H and O–H groups in total. The molecule has 0 aliphatic heterocycles. The van der Waals surface area contributed by atoms with Crippen LogP contribution in [0.25, 0.3) is 21.5 Å². The summed E-state index contributed by atoms with van der Waals surface area (Å²) in [5, 5.41) is 41.4. The summed E-state index contributed by atoms with van der Waals surface area (Å²) in [7, 11) is 0. The van der Waals surface area contributed by atoms with E-state index in [1.54, 1.807) is 42.5 Å². The number of benzene rings is 3. The van der Waals surface area contributed by atoms with Crippen molar-refractivity contribution in [1.82, 2.24) is 0 Å². The van der Waals surface area contributed by atoms with E-state index in [0.717, 1.165) is 19.3 Å². The maximum Gasteiger partial charge on any atom is 0.338 e. The van der Waals surface area contributed by atoms with Crippen LogP contribution in [0.3, 0.4) is 0 Å². The second-order valence-electron chi connectivity index (χ2n) is 11.0. The Bertz CT molecular complexity index is 1600. The molecule has 2 aliphatic rings. The van der Waals surface area contributed by atoms with E-state index < -0.39 is 17.8 Å². The highest BCUT2D eigenvalue weighted by atomic mass is 16.5. The summed E-state index contributed by atoms with van der Waals surface area (Å²) < 4.78 is 6.11. The highest BCUT2D eigenvalue weighted by Gasteiger charge is 2.62. The Kier molecular flexibility index (Phi) is 5.67. The average Bonchev–Trinajstić information content (AvgIpc) is 3.24. The molecule has 0 spiro atoms. The first-order chi connectivity index (χ1) is 17.7. The monoisotopic (exact) mass is 486 g/mol. The lowest BCUT2D eigenvalue weighted by Crippen LogP contribution is -2.38. The minimum atomic E-state index is -1.10. The van der Waals surface area contributed by atoms with Gasteiger partial charge in [-0.25, -0.2) is 4.79 Å². The zero-order chi connectivity index (χ0) is 26.5. The van der Waals surface area contributed by atoms with Crippen LogP contribution >= 0.6 is 0 Å². The third-order valence-corrected chi connectivity index (χ3v) is 9.40. The van der Waals surface area contributed by atoms with Gasteiger partial charge in [-0.05, 0) is 75.4 Å². The molecule has 0 aromatic heterocycles. The summed E-state index contributed by atoms with van der Waals surface area (Å²) in [6.07, 6.45) is 2.84. The number of nitriles is 4. The van der Waals surface area contributed by atoms with Crippen LogP contribution in [0.15, 0.2) is 42.5 Å². The Hall–Kier alpha value is -4.39. The fraction of sp³-hybridized carbons (Fsp3) is 0.387. The fourth-order valence-corrected chi connectivity index (χ4v) is 6.82. The van der Waals surface area contributed by atoms with Crippen LogP contribution in [0.2, 0.25) is 0 Å². The minimum absolute atomic E-state index is 0.0851. The molecule has 6 heteroatoms. The molecule has 6 nitrogen and oxygen atoms in total. The maximum absolute atomic E-state index is 13.4. The largest absolute Gasteiger partial charge is 0.458 e. The normalized spacial score (nSPS) is 23.5. The van der Waals surface area contributed by atoms with Crippen LogP contribution < -0.4 is 0 Å². The van der Waals surface area contributed by atoms with Crippen molar-refractivity contribution in [2.45, 2.75) is 58.0 Å². The first-order valence-corrected chi connectivity index (χ1v) is 12.5. The molecule has 2 bridgehead atoms. The number of rotatable bonds is 4. The van der Waals surface area contributed by atoms with Gasteiger partial charge in [0.25, 0.3) is 0 Å². The second kappa shape index (κ2) is 8.62. The van der Waals surface area contributed by atoms with E-state index in [1.165, 1.54) is 0 Å². The Balaban J connectivity index is 1.69. The lowest BCUT2D eigenvalue weighted by molar-refractivity contribution is -0.0242. The van der Waals surface area contributed by atoms with Crippen LogP contribution in [-0.2, 0) is 4.74 Å². The van der Waals surface area contributed by atoms with E-state index in [4.69, 9.17) is 4.74 Å². The molecule has 3 aromatic rings. The predicted molar refractivity (Wildman–Crippen MR) is 138 cm³/mol. The van der Waals surface area contributed by atoms with Crippen molar-refractivity contribution in [3.8, 4) is 24.3 Å². The van der Waals surface area contributed by atoms with Crippen LogP contribution in [0, 0.1) is 62.1 Å². The smallest absolute Gasteiger partial charge is 0.338 e. The van der Waals surface area contributed by atoms with Gasteiger partial charge in [-0.2, -0.15) is 21.0 Å². The van der Waals surface area contributed by atoms with Crippen molar-refractivity contribution in [2.75, 3.05) is 0 Å². The molecular weight excluding hydrogens is 460 g/mol. The highest BCUT2D eigenvalue weighted by Crippen LogP contribution is 2.66. The fourth-order valence-electron chi connectivity index (χ4n) is 6.82. The van der Waals surface area contributed by atoms with Crippen LogP contribution in [0.1, 0.15) is 73.4 Å². The number of nitrogens with zero attached hydrogens (tertiary/aromatic N) is 4. The summed E-state index contributed by atoms with van der Waals surface area (Å²) in [5.41, 5.74) is 1.31. The average molecular weight is 487 g/mol. The molecule has 0 saturated heterocycles. The van der Waals surface area contributed by atoms with Crippen molar-refractivity contribution in [1.29, 1.82) is 21.0 Å². The third-order valence-electron chi connectivity index (χ3n) is 9.40. The van der Waals surface area contributed by atoms with Crippen LogP contribution in [0.4, 0.5) is 0 Å². The zero-order valence-electron chi connectivity index (χ0n) is 21.1. The van der Waals surface area contributed by atoms with Gasteiger partial charge in [0, 0.05) is 5.41 Å². The zero-order valence-corrected chi connectivity index (χ0v) is 21.1. The molecule has 0 amide bonds. The second-order valence-corrected chi connectivity index (χ2v) is 11.0. The standard InChI is InChI=1S/C31H26N4O2/c1-30(2)21-10-11-31(30,3)26(13-21)37-29(36)18-8-9-24-25(12-18)28(20(16-34)17-35)23-7-5-4-6-22(23)27(24)19(14-32)15-33/h4-9,12,19-21,26H,10-11,13H2,1-3H3/t21-,26+,31+/m0/s1. The molecule has 0 unspecified atom stereocenters. The van der Waals surface area contributed by atoms with Crippen LogP contribution in [-0.4, -0.2) is 12.1 Å². The van der Waals surface area contributed by atoms with E-state index in [2.05, 4.69) is 45.0 Å². The van der Waals surface area contributed by atoms with Gasteiger partial charge in [0.1, 0.15) is 6.10 Å². The van der Waals surface area contributed by atoms with E-state index in [0.29, 0.717) is 44.2 Å². The summed E-state index contributed by atoms with van der Waals surface area (Å²) in [6, 6.07) is 20.4. The van der Waals surface area contributed by atoms with Gasteiger partial charge in [0.2, 0.25) is 0 Å². The minimum Gasteiger partial charge on any atom is -0.458 e. The predicted octanol–water partition coefficient (Wildman–Crippen LogP) is 6.63. The molecule has 182 valence electrons. The van der Waals surface area contributed by atoms with Gasteiger partial charge in [-0.3, -0.25) is 0 Å². The topological polar surface area (TPSA) is 121 Å². The number of carbonyl (C=O) groups is 1. The number of carbonyl (C=O) groups excluding carboxylic acids is 1. The van der Waals surface area contributed by atoms with Crippen molar-refractivity contribution >= 4 is 27.5 Å². The molecule has 2 saturated carbocycles. The van der Waals surface area contributed by atoms with Crippen molar-refractivity contribution in [3.63, 3.8) is 0 Å². The maximum atomic E-state index is 13.4. The van der Waals surface area contributed by atoms with E-state index in [9.17, 15) is 25.8 Å². The molecule has 5 rings (SSSR count). The Morgan fingerprint density at radius 3 is 1.89 bits per heavy atom. The summed E-state index contributed by atoms with van der Waals surface area (Å²) >= 11 is 0. The Labute approximate surface area is 216 Å². The molecule has 2 fully saturated rings. The summed E-state index contributed by atoms with van der Waals surface area (Å²) in [6.45, 7) is 6.74. The van der Waals surface area contributed by atoms with Gasteiger partial charge >= 0.3 is 5.97 Å². The summed E-state index contributed by atoms with van der Waals surface area (Å²) in [4.78, 5) is 13.4. The summed E-state index contributed by atoms with van der Waals surface area (Å²) in [5.74, 6) is -2.08. The molecule has 3 atom stereocenters. The number of hydrogen-bond donors (Lipinski definition) is 0. The number of esters is 1. The molecule has 0 radical (unpaired) electrons. The van der Waals surface area contributed by atoms with Crippen molar-refractivity contribution in [2.24, 2.45) is 16.7 Å². The lowest BCUT2D eigenvalue weighted by atomic mass is 9.70. The van der Waals surface area contributed by atoms with Crippen LogP contribution in [0.5, 0.6) is 0 Å². The molecular formula is C31H26N4O2. The molecule has 37 heavy (non-hydrogen) atoms. The van der Waals surface area contributed by atoms with Gasteiger partial charge in [-0.15, -0.1) is 0 Å². The van der Waals surface area contributed by atoms with Gasteiger partial charge in [0.05, 0.1) is 29.8 Å². The molecule has 0 heterocycles. The van der Waals surface area contributed by atoms with Gasteiger partial charge in [-0.1, -0.05) is 51.1 Å². The number of ether oxygens (including phenoxy) is 1. The van der Waals surface area contributed by atoms with E-state index in [1.807, 2.05) is 0 Å². The first kappa shape index (κ1) is 24.3. The van der Waals surface area contributed by atoms with Crippen molar-refractivity contribution in [3.05, 3.63) is 59.2 Å². The third kappa shape index (κ3) is 3.38. The SMILES string of the molecule is CC1(C)[C@H]2CC[C@]1(C)[C@H](OC(=O)c1ccc3c(C(C#N)C#N)c4ccccc4c(C(C#N)C#N)c3c1)C2. The quantitative estimate of drug-likeness (QED) is 0.301. The number of fused-ring (bicyclic) bond motifs is 4. The van der Waals surface area contributed by atoms with Gasteiger partial charge in [0.15, 0.2) is 11.8 Å². The Morgan fingerprint density at radius 1 is 0.865 bits per heavy atom. The molecule has 2 aliphatic carbocycles. The first-order valence-electron chi connectivity index (χ1n) is 12.5. The number of hydrogen-bond acceptors (Lipinski definition) is 6. The highest BCUT2D eigenvalue weighted by molar-refractivity contribution is 6.09. The Morgan fingerprint density at radius 2 is 1.41 bits per heavy atom. The van der Waals surface area contributed by atoms with Crippen molar-refractivity contribution < 1.29 is 9.53 Å². The van der Waals surface area contributed by atoms with E-state index in [-0.39, 0.29) is 16.9 Å². The molecule has 3 aromatic carbocycles. The lowest BCUT2D eigenvalue weighted by Gasteiger charge is -2.38. The van der Waals surface area contributed by atoms with Gasteiger partial charge < -0.3 is 4.74 Å².